The summed E-state index contributed by atoms with van der Waals surface area (Å²) in [4.78, 5) is 6.88. The first-order valence-corrected chi connectivity index (χ1v) is 4.83. The minimum atomic E-state index is -4.53. The largest absolute Gasteiger partial charge is 0.433 e. The lowest BCUT2D eigenvalue weighted by Crippen LogP contribution is -2.09. The summed E-state index contributed by atoms with van der Waals surface area (Å²) in [6.07, 6.45) is -4.53. The molecule has 0 radical (unpaired) electrons. The standard InChI is InChI=1S/C8H4ClF3N2S/c1-2-3-15-7-13-5(8(10,11)12)4-6(9)14-7/h4H,1H3. The maximum atomic E-state index is 12.3. The van der Waals surface area contributed by atoms with Crippen LogP contribution in [0.5, 0.6) is 0 Å². The van der Waals surface area contributed by atoms with Gasteiger partial charge in [0.2, 0.25) is 5.16 Å². The van der Waals surface area contributed by atoms with E-state index in [4.69, 9.17) is 11.6 Å². The number of nitrogens with zero attached hydrogens (tertiary/aromatic N) is 2. The van der Waals surface area contributed by atoms with Crippen molar-refractivity contribution in [1.82, 2.24) is 9.97 Å². The highest BCUT2D eigenvalue weighted by atomic mass is 35.5. The van der Waals surface area contributed by atoms with E-state index in [0.29, 0.717) is 6.07 Å². The van der Waals surface area contributed by atoms with Crippen LogP contribution in [0.4, 0.5) is 13.2 Å². The molecule has 80 valence electrons. The van der Waals surface area contributed by atoms with Gasteiger partial charge >= 0.3 is 6.18 Å². The van der Waals surface area contributed by atoms with Crippen molar-refractivity contribution in [3.05, 3.63) is 16.9 Å². The van der Waals surface area contributed by atoms with Crippen LogP contribution in [0, 0.1) is 11.2 Å². The summed E-state index contributed by atoms with van der Waals surface area (Å²) in [6.45, 7) is 1.56. The van der Waals surface area contributed by atoms with E-state index in [1.807, 2.05) is 0 Å². The van der Waals surface area contributed by atoms with Crippen LogP contribution in [0.2, 0.25) is 5.15 Å². The molecule has 1 rings (SSSR count). The summed E-state index contributed by atoms with van der Waals surface area (Å²) >= 11 is 6.22. The van der Waals surface area contributed by atoms with Gasteiger partial charge in [0.1, 0.15) is 5.15 Å². The Labute approximate surface area is 93.3 Å². The summed E-state index contributed by atoms with van der Waals surface area (Å²) in [5.74, 6) is 2.50. The smallest absolute Gasteiger partial charge is 0.217 e. The number of hydrogen-bond donors (Lipinski definition) is 0. The van der Waals surface area contributed by atoms with Crippen molar-refractivity contribution < 1.29 is 13.2 Å². The minimum absolute atomic E-state index is 0.107. The number of alkyl halides is 3. The van der Waals surface area contributed by atoms with Crippen LogP contribution in [0.1, 0.15) is 12.6 Å². The quantitative estimate of drug-likeness (QED) is 0.332. The summed E-state index contributed by atoms with van der Waals surface area (Å²) in [6, 6.07) is 0.672. The molecule has 0 N–H and O–H groups in total. The van der Waals surface area contributed by atoms with E-state index in [0.717, 1.165) is 11.8 Å². The van der Waals surface area contributed by atoms with E-state index < -0.39 is 11.9 Å². The third kappa shape index (κ3) is 3.61. The second-order valence-corrected chi connectivity index (χ2v) is 3.47. The Morgan fingerprint density at radius 2 is 2.07 bits per heavy atom. The van der Waals surface area contributed by atoms with Gasteiger partial charge in [0.05, 0.1) is 0 Å². The van der Waals surface area contributed by atoms with Gasteiger partial charge in [-0.3, -0.25) is 0 Å². The number of aromatic nitrogens is 2. The van der Waals surface area contributed by atoms with Gasteiger partial charge in [-0.25, -0.2) is 9.97 Å². The Hall–Kier alpha value is -0.930. The average Bonchev–Trinajstić information content (AvgIpc) is 2.12. The molecule has 15 heavy (non-hydrogen) atoms. The van der Waals surface area contributed by atoms with Crippen molar-refractivity contribution in [1.29, 1.82) is 0 Å². The molecule has 1 heterocycles. The van der Waals surface area contributed by atoms with Gasteiger partial charge in [0.25, 0.3) is 0 Å². The molecule has 1 aromatic rings. The Morgan fingerprint density at radius 1 is 1.40 bits per heavy atom. The molecule has 0 spiro atoms. The molecule has 0 saturated carbocycles. The minimum Gasteiger partial charge on any atom is -0.217 e. The van der Waals surface area contributed by atoms with Crippen molar-refractivity contribution in [3.8, 4) is 11.2 Å². The second kappa shape index (κ2) is 4.73. The molecule has 2 nitrogen and oxygen atoms in total. The zero-order valence-corrected chi connectivity index (χ0v) is 8.96. The highest BCUT2D eigenvalue weighted by Crippen LogP contribution is 2.30. The Balaban J connectivity index is 3.09. The van der Waals surface area contributed by atoms with E-state index in [-0.39, 0.29) is 10.3 Å². The van der Waals surface area contributed by atoms with E-state index in [1.54, 1.807) is 6.92 Å². The summed E-state index contributed by atoms with van der Waals surface area (Å²) < 4.78 is 36.8. The SMILES string of the molecule is CC#CSc1nc(Cl)cc(C(F)(F)F)n1. The lowest BCUT2D eigenvalue weighted by molar-refractivity contribution is -0.141. The van der Waals surface area contributed by atoms with Crippen molar-refractivity contribution in [2.45, 2.75) is 18.3 Å². The van der Waals surface area contributed by atoms with Gasteiger partial charge in [-0.2, -0.15) is 13.2 Å². The maximum Gasteiger partial charge on any atom is 0.433 e. The van der Waals surface area contributed by atoms with Crippen LogP contribution in [0.15, 0.2) is 11.2 Å². The molecule has 0 bridgehead atoms. The lowest BCUT2D eigenvalue weighted by atomic mass is 10.4. The Morgan fingerprint density at radius 3 is 2.60 bits per heavy atom. The first kappa shape index (κ1) is 12.1. The van der Waals surface area contributed by atoms with Crippen molar-refractivity contribution in [2.75, 3.05) is 0 Å². The number of halogens is 4. The molecular weight excluding hydrogens is 249 g/mol. The van der Waals surface area contributed by atoms with Gasteiger partial charge in [0.15, 0.2) is 5.69 Å². The van der Waals surface area contributed by atoms with Gasteiger partial charge in [-0.1, -0.05) is 17.5 Å². The fourth-order valence-corrected chi connectivity index (χ4v) is 1.40. The molecule has 0 saturated heterocycles. The molecule has 1 aromatic heterocycles. The van der Waals surface area contributed by atoms with Gasteiger partial charge < -0.3 is 0 Å². The van der Waals surface area contributed by atoms with Gasteiger partial charge in [-0.05, 0) is 12.2 Å². The van der Waals surface area contributed by atoms with Crippen LogP contribution in [0.25, 0.3) is 0 Å². The highest BCUT2D eigenvalue weighted by molar-refractivity contribution is 8.03. The molecular formula is C8H4ClF3N2S. The molecule has 0 aliphatic heterocycles. The van der Waals surface area contributed by atoms with Crippen LogP contribution < -0.4 is 0 Å². The zero-order valence-electron chi connectivity index (χ0n) is 7.39. The molecule has 7 heteroatoms. The van der Waals surface area contributed by atoms with E-state index in [9.17, 15) is 13.2 Å². The summed E-state index contributed by atoms with van der Waals surface area (Å²) in [5, 5.41) is 2.13. The van der Waals surface area contributed by atoms with Crippen LogP contribution in [0.3, 0.4) is 0 Å². The lowest BCUT2D eigenvalue weighted by Gasteiger charge is -2.05. The maximum absolute atomic E-state index is 12.3. The number of hydrogen-bond acceptors (Lipinski definition) is 3. The molecule has 0 atom stereocenters. The Kier molecular flexibility index (Phi) is 3.83. The van der Waals surface area contributed by atoms with Crippen molar-refractivity contribution in [3.63, 3.8) is 0 Å². The molecule has 0 aromatic carbocycles. The number of rotatable bonds is 1. The Bertz CT molecular complexity index is 422. The van der Waals surface area contributed by atoms with Crippen molar-refractivity contribution in [2.24, 2.45) is 0 Å². The van der Waals surface area contributed by atoms with Crippen LogP contribution in [-0.2, 0) is 6.18 Å². The summed E-state index contributed by atoms with van der Waals surface area (Å²) in [5.41, 5.74) is -1.07. The van der Waals surface area contributed by atoms with Crippen LogP contribution in [-0.4, -0.2) is 9.97 Å². The highest BCUT2D eigenvalue weighted by Gasteiger charge is 2.33. The molecule has 0 amide bonds. The third-order valence-electron chi connectivity index (χ3n) is 1.21. The monoisotopic (exact) mass is 252 g/mol. The average molecular weight is 253 g/mol. The van der Waals surface area contributed by atoms with Crippen molar-refractivity contribution >= 4 is 23.4 Å². The summed E-state index contributed by atoms with van der Waals surface area (Å²) in [7, 11) is 0. The predicted molar refractivity (Wildman–Crippen MR) is 51.4 cm³/mol. The van der Waals surface area contributed by atoms with Gasteiger partial charge in [0, 0.05) is 17.8 Å². The molecule has 0 fully saturated rings. The van der Waals surface area contributed by atoms with Crippen LogP contribution >= 0.6 is 23.4 Å². The molecule has 0 aliphatic rings. The van der Waals surface area contributed by atoms with E-state index in [2.05, 4.69) is 21.1 Å². The fraction of sp³-hybridized carbons (Fsp3) is 0.250. The van der Waals surface area contributed by atoms with Gasteiger partial charge in [-0.15, -0.1) is 0 Å². The fourth-order valence-electron chi connectivity index (χ4n) is 0.684. The molecule has 0 aliphatic carbocycles. The topological polar surface area (TPSA) is 25.8 Å². The molecule has 0 unspecified atom stereocenters. The first-order valence-electron chi connectivity index (χ1n) is 3.64. The third-order valence-corrected chi connectivity index (χ3v) is 2.07. The zero-order chi connectivity index (χ0) is 11.5. The number of thioether (sulfide) groups is 1. The first-order chi connectivity index (χ1) is 6.93. The van der Waals surface area contributed by atoms with E-state index in [1.165, 1.54) is 0 Å². The van der Waals surface area contributed by atoms with E-state index >= 15 is 0 Å². The second-order valence-electron chi connectivity index (χ2n) is 2.31. The normalized spacial score (nSPS) is 10.7. The predicted octanol–water partition coefficient (Wildman–Crippen LogP) is 3.22.